The van der Waals surface area contributed by atoms with Gasteiger partial charge >= 0.3 is 0 Å². The van der Waals surface area contributed by atoms with Crippen LogP contribution in [0, 0.1) is 5.92 Å². The lowest BCUT2D eigenvalue weighted by Gasteiger charge is -2.39. The molecule has 0 bridgehead atoms. The van der Waals surface area contributed by atoms with Gasteiger partial charge < -0.3 is 29.2 Å². The van der Waals surface area contributed by atoms with E-state index in [0.717, 1.165) is 16.8 Å². The van der Waals surface area contributed by atoms with Crippen LogP contribution in [-0.4, -0.2) is 58.0 Å². The van der Waals surface area contributed by atoms with E-state index in [1.165, 1.54) is 21.3 Å². The maximum atomic E-state index is 15.3. The number of Topliss-reactive ketones (excluding diaryl/α,β-unsaturated/α-hetero) is 2. The molecule has 1 N–H and O–H groups in total. The highest BCUT2D eigenvalue weighted by molar-refractivity contribution is 6.18. The second kappa shape index (κ2) is 11.3. The standard InChI is InChI=1S/C38H34N2O7/c1-21-18-31-38(26-11-7-8-12-27(26)39-37(38)43)32(34(41)23-19-29(45-3)36(47-5)30(20-23)46-4)33(40(31)28-13-9-6-10-25(21)28)35(42)22-14-16-24(44-2)17-15-22/h6-20,31-33H,1-5H3,(H,39,43). The zero-order valence-corrected chi connectivity index (χ0v) is 26.7. The molecule has 238 valence electrons. The number of ether oxygens (including phenoxy) is 4. The topological polar surface area (TPSA) is 103 Å². The van der Waals surface area contributed by atoms with Crippen molar-refractivity contribution in [2.24, 2.45) is 5.92 Å². The van der Waals surface area contributed by atoms with Gasteiger partial charge in [-0.1, -0.05) is 42.5 Å². The molecule has 7 rings (SSSR count). The van der Waals surface area contributed by atoms with Crippen LogP contribution < -0.4 is 29.2 Å². The van der Waals surface area contributed by atoms with E-state index >= 15 is 4.79 Å². The van der Waals surface area contributed by atoms with Crippen LogP contribution >= 0.6 is 0 Å². The van der Waals surface area contributed by atoms with Crippen molar-refractivity contribution in [3.8, 4) is 23.0 Å². The molecule has 4 unspecified atom stereocenters. The van der Waals surface area contributed by atoms with E-state index in [1.54, 1.807) is 43.5 Å². The maximum Gasteiger partial charge on any atom is 0.238 e. The zero-order valence-electron chi connectivity index (χ0n) is 26.7. The van der Waals surface area contributed by atoms with E-state index < -0.39 is 29.2 Å². The molecule has 1 fully saturated rings. The third-order valence-corrected chi connectivity index (χ3v) is 9.76. The summed E-state index contributed by atoms with van der Waals surface area (Å²) in [6, 6.07) is 23.5. The fourth-order valence-corrected chi connectivity index (χ4v) is 7.72. The van der Waals surface area contributed by atoms with Crippen LogP contribution in [0.15, 0.2) is 91.0 Å². The Morgan fingerprint density at radius 1 is 0.766 bits per heavy atom. The molecule has 0 saturated carbocycles. The maximum absolute atomic E-state index is 15.3. The number of hydrogen-bond donors (Lipinski definition) is 1. The number of carbonyl (C=O) groups is 3. The first-order valence-electron chi connectivity index (χ1n) is 15.3. The first-order chi connectivity index (χ1) is 22.8. The van der Waals surface area contributed by atoms with Crippen LogP contribution in [0.2, 0.25) is 0 Å². The molecule has 9 heteroatoms. The Hall–Kier alpha value is -5.57. The molecular formula is C38H34N2O7. The quantitative estimate of drug-likeness (QED) is 0.238. The summed E-state index contributed by atoms with van der Waals surface area (Å²) in [6.45, 7) is 2.00. The third-order valence-electron chi connectivity index (χ3n) is 9.76. The molecule has 0 aromatic heterocycles. The van der Waals surface area contributed by atoms with Crippen molar-refractivity contribution in [1.82, 2.24) is 0 Å². The smallest absolute Gasteiger partial charge is 0.238 e. The molecule has 47 heavy (non-hydrogen) atoms. The van der Waals surface area contributed by atoms with Gasteiger partial charge in [-0.3, -0.25) is 14.4 Å². The van der Waals surface area contributed by atoms with Gasteiger partial charge in [0.2, 0.25) is 11.7 Å². The van der Waals surface area contributed by atoms with Gasteiger partial charge in [-0.25, -0.2) is 0 Å². The monoisotopic (exact) mass is 630 g/mol. The molecule has 1 saturated heterocycles. The van der Waals surface area contributed by atoms with Crippen molar-refractivity contribution in [3.63, 3.8) is 0 Å². The Morgan fingerprint density at radius 2 is 1.43 bits per heavy atom. The molecule has 9 nitrogen and oxygen atoms in total. The molecule has 4 aromatic carbocycles. The zero-order chi connectivity index (χ0) is 33.0. The van der Waals surface area contributed by atoms with E-state index in [9.17, 15) is 9.59 Å². The summed E-state index contributed by atoms with van der Waals surface area (Å²) in [7, 11) is 6.00. The van der Waals surface area contributed by atoms with Crippen LogP contribution in [0.4, 0.5) is 11.4 Å². The van der Waals surface area contributed by atoms with Gasteiger partial charge in [0.05, 0.1) is 40.4 Å². The van der Waals surface area contributed by atoms with Crippen molar-refractivity contribution in [1.29, 1.82) is 0 Å². The SMILES string of the molecule is COc1ccc(C(=O)C2C(C(=O)c3cc(OC)c(OC)c(OC)c3)C3(C(=O)Nc4ccccc43)C3C=C(C)c4ccccc4N23)cc1. The number of hydrogen-bond acceptors (Lipinski definition) is 8. The van der Waals surface area contributed by atoms with E-state index in [-0.39, 0.29) is 28.8 Å². The molecule has 3 aliphatic heterocycles. The van der Waals surface area contributed by atoms with Gasteiger partial charge in [0.15, 0.2) is 23.1 Å². The van der Waals surface area contributed by atoms with Crippen molar-refractivity contribution in [2.75, 3.05) is 38.7 Å². The van der Waals surface area contributed by atoms with Gasteiger partial charge in [0.25, 0.3) is 0 Å². The summed E-state index contributed by atoms with van der Waals surface area (Å²) in [6.07, 6.45) is 2.03. The average Bonchev–Trinajstić information content (AvgIpc) is 3.58. The van der Waals surface area contributed by atoms with E-state index in [0.29, 0.717) is 28.3 Å². The number of allylic oxidation sites excluding steroid dienone is 1. The predicted octanol–water partition coefficient (Wildman–Crippen LogP) is 5.97. The van der Waals surface area contributed by atoms with Crippen molar-refractivity contribution in [2.45, 2.75) is 24.4 Å². The fraction of sp³-hybridized carbons (Fsp3) is 0.237. The fourth-order valence-electron chi connectivity index (χ4n) is 7.72. The summed E-state index contributed by atoms with van der Waals surface area (Å²) in [5.41, 5.74) is 3.10. The predicted molar refractivity (Wildman–Crippen MR) is 178 cm³/mol. The Balaban J connectivity index is 1.54. The molecular weight excluding hydrogens is 596 g/mol. The molecule has 0 radical (unpaired) electrons. The molecule has 1 amide bonds. The summed E-state index contributed by atoms with van der Waals surface area (Å²) in [4.78, 5) is 47.0. The van der Waals surface area contributed by atoms with Crippen molar-refractivity contribution in [3.05, 3.63) is 113 Å². The van der Waals surface area contributed by atoms with E-state index in [1.807, 2.05) is 66.4 Å². The van der Waals surface area contributed by atoms with Gasteiger partial charge in [-0.15, -0.1) is 0 Å². The van der Waals surface area contributed by atoms with E-state index in [4.69, 9.17) is 18.9 Å². The number of rotatable bonds is 8. The molecule has 3 heterocycles. The largest absolute Gasteiger partial charge is 0.497 e. The number of amides is 1. The lowest BCUT2D eigenvalue weighted by Crippen LogP contribution is -2.51. The molecule has 4 atom stereocenters. The van der Waals surface area contributed by atoms with Gasteiger partial charge in [-0.2, -0.15) is 0 Å². The number of carbonyl (C=O) groups excluding carboxylic acids is 3. The van der Waals surface area contributed by atoms with Crippen LogP contribution in [0.3, 0.4) is 0 Å². The molecule has 1 spiro atoms. The van der Waals surface area contributed by atoms with Crippen molar-refractivity contribution < 1.29 is 33.3 Å². The lowest BCUT2D eigenvalue weighted by molar-refractivity contribution is -0.121. The minimum atomic E-state index is -1.46. The van der Waals surface area contributed by atoms with Crippen LogP contribution in [0.25, 0.3) is 5.57 Å². The number of nitrogens with zero attached hydrogens (tertiary/aromatic N) is 1. The molecule has 3 aliphatic rings. The third kappa shape index (κ3) is 4.26. The number of anilines is 2. The van der Waals surface area contributed by atoms with Gasteiger partial charge in [0.1, 0.15) is 17.2 Å². The number of para-hydroxylation sites is 2. The Labute approximate surface area is 272 Å². The number of ketones is 2. The summed E-state index contributed by atoms with van der Waals surface area (Å²) in [5.74, 6) is -0.700. The van der Waals surface area contributed by atoms with Crippen LogP contribution in [-0.2, 0) is 10.2 Å². The first kappa shape index (κ1) is 30.1. The Kier molecular flexibility index (Phi) is 7.27. The number of nitrogens with one attached hydrogen (secondary N) is 1. The summed E-state index contributed by atoms with van der Waals surface area (Å²) in [5, 5.41) is 3.07. The highest BCUT2D eigenvalue weighted by Crippen LogP contribution is 2.59. The minimum Gasteiger partial charge on any atom is -0.497 e. The van der Waals surface area contributed by atoms with Crippen molar-refractivity contribution >= 4 is 34.4 Å². The van der Waals surface area contributed by atoms with Gasteiger partial charge in [0, 0.05) is 28.1 Å². The Bertz CT molecular complexity index is 1940. The summed E-state index contributed by atoms with van der Waals surface area (Å²) >= 11 is 0. The Morgan fingerprint density at radius 3 is 2.09 bits per heavy atom. The van der Waals surface area contributed by atoms with Crippen LogP contribution in [0.1, 0.15) is 38.8 Å². The first-order valence-corrected chi connectivity index (χ1v) is 15.3. The second-order valence-electron chi connectivity index (χ2n) is 11.9. The van der Waals surface area contributed by atoms with Gasteiger partial charge in [-0.05, 0) is 66.6 Å². The van der Waals surface area contributed by atoms with Crippen LogP contribution in [0.5, 0.6) is 23.0 Å². The highest BCUT2D eigenvalue weighted by Gasteiger charge is 2.70. The minimum absolute atomic E-state index is 0.224. The lowest BCUT2D eigenvalue weighted by atomic mass is 9.64. The average molecular weight is 631 g/mol. The number of benzene rings is 4. The highest BCUT2D eigenvalue weighted by atomic mass is 16.5. The number of fused-ring (bicyclic) bond motifs is 6. The van der Waals surface area contributed by atoms with E-state index in [2.05, 4.69) is 5.32 Å². The molecule has 0 aliphatic carbocycles. The normalized spacial score (nSPS) is 22.1. The second-order valence-corrected chi connectivity index (χ2v) is 11.9. The number of methoxy groups -OCH3 is 4. The summed E-state index contributed by atoms with van der Waals surface area (Å²) < 4.78 is 22.1. The molecule has 4 aromatic rings.